The van der Waals surface area contributed by atoms with Crippen LogP contribution in [0.3, 0.4) is 0 Å². The molecular weight excluding hydrogens is 306 g/mol. The van der Waals surface area contributed by atoms with Gasteiger partial charge in [0, 0.05) is 6.54 Å². The van der Waals surface area contributed by atoms with Crippen LogP contribution >= 0.6 is 15.9 Å². The van der Waals surface area contributed by atoms with Crippen LogP contribution in [0.1, 0.15) is 19.8 Å². The molecule has 0 amide bonds. The third kappa shape index (κ3) is 3.97. The van der Waals surface area contributed by atoms with E-state index in [1.807, 2.05) is 6.92 Å². The zero-order valence-corrected chi connectivity index (χ0v) is 12.3. The van der Waals surface area contributed by atoms with Crippen molar-refractivity contribution in [2.45, 2.75) is 24.7 Å². The first-order valence-corrected chi connectivity index (χ1v) is 7.62. The van der Waals surface area contributed by atoms with Gasteiger partial charge >= 0.3 is 0 Å². The molecule has 0 atom stereocenters. The molecule has 4 nitrogen and oxygen atoms in total. The molecule has 96 valence electrons. The van der Waals surface area contributed by atoms with E-state index in [9.17, 15) is 8.42 Å². The lowest BCUT2D eigenvalue weighted by Gasteiger charge is -2.08. The highest BCUT2D eigenvalue weighted by atomic mass is 79.9. The van der Waals surface area contributed by atoms with Crippen molar-refractivity contribution in [3.8, 4) is 5.75 Å². The van der Waals surface area contributed by atoms with E-state index in [2.05, 4.69) is 20.7 Å². The van der Waals surface area contributed by atoms with E-state index in [-0.39, 0.29) is 4.90 Å². The molecule has 0 fully saturated rings. The zero-order chi connectivity index (χ0) is 12.9. The lowest BCUT2D eigenvalue weighted by Crippen LogP contribution is -2.24. The van der Waals surface area contributed by atoms with Gasteiger partial charge < -0.3 is 4.74 Å². The van der Waals surface area contributed by atoms with E-state index in [1.165, 1.54) is 19.2 Å². The minimum atomic E-state index is -3.42. The molecule has 17 heavy (non-hydrogen) atoms. The summed E-state index contributed by atoms with van der Waals surface area (Å²) in [5, 5.41) is 0. The quantitative estimate of drug-likeness (QED) is 0.819. The Morgan fingerprint density at radius 1 is 1.41 bits per heavy atom. The first kappa shape index (κ1) is 14.5. The van der Waals surface area contributed by atoms with Crippen molar-refractivity contribution in [3.63, 3.8) is 0 Å². The van der Waals surface area contributed by atoms with Crippen LogP contribution in [0.5, 0.6) is 5.75 Å². The van der Waals surface area contributed by atoms with E-state index in [0.29, 0.717) is 16.8 Å². The maximum absolute atomic E-state index is 11.9. The number of nitrogens with one attached hydrogen (secondary N) is 1. The first-order valence-electron chi connectivity index (χ1n) is 5.34. The fourth-order valence-corrected chi connectivity index (χ4v) is 3.07. The third-order valence-corrected chi connectivity index (χ3v) is 4.33. The Morgan fingerprint density at radius 2 is 2.12 bits per heavy atom. The van der Waals surface area contributed by atoms with Gasteiger partial charge in [-0.15, -0.1) is 0 Å². The maximum atomic E-state index is 11.9. The molecule has 0 aliphatic carbocycles. The summed E-state index contributed by atoms with van der Waals surface area (Å²) in [6.45, 7) is 2.47. The molecule has 1 rings (SSSR count). The van der Waals surface area contributed by atoms with Gasteiger partial charge in [-0.2, -0.15) is 0 Å². The fraction of sp³-hybridized carbons (Fsp3) is 0.455. The Hall–Kier alpha value is -0.590. The van der Waals surface area contributed by atoms with Crippen molar-refractivity contribution in [1.29, 1.82) is 0 Å². The van der Waals surface area contributed by atoms with Crippen LogP contribution in [0.2, 0.25) is 0 Å². The minimum Gasteiger partial charge on any atom is -0.496 e. The van der Waals surface area contributed by atoms with Crippen molar-refractivity contribution in [3.05, 3.63) is 22.7 Å². The van der Waals surface area contributed by atoms with Gasteiger partial charge in [0.1, 0.15) is 5.75 Å². The second kappa shape index (κ2) is 6.37. The van der Waals surface area contributed by atoms with Gasteiger partial charge in [-0.1, -0.05) is 13.3 Å². The maximum Gasteiger partial charge on any atom is 0.240 e. The number of unbranched alkanes of at least 4 members (excludes halogenated alkanes) is 1. The molecule has 0 saturated carbocycles. The molecule has 0 radical (unpaired) electrons. The largest absolute Gasteiger partial charge is 0.496 e. The summed E-state index contributed by atoms with van der Waals surface area (Å²) in [5.41, 5.74) is 0. The van der Waals surface area contributed by atoms with E-state index < -0.39 is 10.0 Å². The fourth-order valence-electron chi connectivity index (χ4n) is 1.28. The molecular formula is C11H16BrNO3S. The second-order valence-corrected chi connectivity index (χ2v) is 6.17. The topological polar surface area (TPSA) is 55.4 Å². The number of hydrogen-bond acceptors (Lipinski definition) is 3. The Kier molecular flexibility index (Phi) is 5.42. The van der Waals surface area contributed by atoms with Gasteiger partial charge in [-0.25, -0.2) is 13.1 Å². The smallest absolute Gasteiger partial charge is 0.240 e. The normalized spacial score (nSPS) is 11.5. The van der Waals surface area contributed by atoms with Gasteiger partial charge in [0.2, 0.25) is 10.0 Å². The predicted octanol–water partition coefficient (Wildman–Crippen LogP) is 2.54. The van der Waals surface area contributed by atoms with Crippen LogP contribution in [0.4, 0.5) is 0 Å². The highest BCUT2D eigenvalue weighted by Crippen LogP contribution is 2.27. The molecule has 0 saturated heterocycles. The van der Waals surface area contributed by atoms with Crippen LogP contribution in [0, 0.1) is 0 Å². The first-order chi connectivity index (χ1) is 8.01. The molecule has 0 aliphatic heterocycles. The Morgan fingerprint density at radius 3 is 2.65 bits per heavy atom. The summed E-state index contributed by atoms with van der Waals surface area (Å²) in [6, 6.07) is 4.68. The number of sulfonamides is 1. The van der Waals surface area contributed by atoms with E-state index >= 15 is 0 Å². The molecule has 0 aromatic heterocycles. The van der Waals surface area contributed by atoms with Gasteiger partial charge in [0.25, 0.3) is 0 Å². The summed E-state index contributed by atoms with van der Waals surface area (Å²) in [7, 11) is -1.88. The minimum absolute atomic E-state index is 0.237. The highest BCUT2D eigenvalue weighted by molar-refractivity contribution is 9.10. The van der Waals surface area contributed by atoms with E-state index in [1.54, 1.807) is 6.07 Å². The average Bonchev–Trinajstić information content (AvgIpc) is 2.29. The molecule has 0 heterocycles. The summed E-state index contributed by atoms with van der Waals surface area (Å²) >= 11 is 3.26. The van der Waals surface area contributed by atoms with Crippen LogP contribution < -0.4 is 9.46 Å². The van der Waals surface area contributed by atoms with Crippen LogP contribution in [-0.2, 0) is 10.0 Å². The number of benzene rings is 1. The van der Waals surface area contributed by atoms with Gasteiger partial charge in [0.05, 0.1) is 16.5 Å². The Balaban J connectivity index is 2.88. The van der Waals surface area contributed by atoms with Gasteiger partial charge in [-0.3, -0.25) is 0 Å². The van der Waals surface area contributed by atoms with Gasteiger partial charge in [-0.05, 0) is 40.5 Å². The molecule has 1 aromatic rings. The third-order valence-electron chi connectivity index (χ3n) is 2.26. The summed E-state index contributed by atoms with van der Waals surface area (Å²) in [5.74, 6) is 0.609. The summed E-state index contributed by atoms with van der Waals surface area (Å²) in [6.07, 6.45) is 1.78. The van der Waals surface area contributed by atoms with E-state index in [0.717, 1.165) is 12.8 Å². The second-order valence-electron chi connectivity index (χ2n) is 3.55. The van der Waals surface area contributed by atoms with Crippen molar-refractivity contribution >= 4 is 26.0 Å². The van der Waals surface area contributed by atoms with Crippen molar-refractivity contribution in [1.82, 2.24) is 4.72 Å². The summed E-state index contributed by atoms with van der Waals surface area (Å²) in [4.78, 5) is 0.237. The standard InChI is InChI=1S/C11H16BrNO3S/c1-3-4-7-13-17(14,15)9-5-6-11(16-2)10(12)8-9/h5-6,8,13H,3-4,7H2,1-2H3. The predicted molar refractivity (Wildman–Crippen MR) is 70.8 cm³/mol. The van der Waals surface area contributed by atoms with Crippen molar-refractivity contribution in [2.24, 2.45) is 0 Å². The lowest BCUT2D eigenvalue weighted by atomic mass is 10.3. The van der Waals surface area contributed by atoms with Crippen LogP contribution in [0.15, 0.2) is 27.6 Å². The average molecular weight is 322 g/mol. The molecule has 1 N–H and O–H groups in total. The van der Waals surface area contributed by atoms with Crippen molar-refractivity contribution in [2.75, 3.05) is 13.7 Å². The van der Waals surface area contributed by atoms with Crippen molar-refractivity contribution < 1.29 is 13.2 Å². The number of ether oxygens (including phenoxy) is 1. The van der Waals surface area contributed by atoms with Crippen LogP contribution in [0.25, 0.3) is 0 Å². The highest BCUT2D eigenvalue weighted by Gasteiger charge is 2.14. The molecule has 0 aliphatic rings. The lowest BCUT2D eigenvalue weighted by molar-refractivity contribution is 0.411. The molecule has 1 aromatic carbocycles. The molecule has 6 heteroatoms. The monoisotopic (exact) mass is 321 g/mol. The van der Waals surface area contributed by atoms with Gasteiger partial charge in [0.15, 0.2) is 0 Å². The van der Waals surface area contributed by atoms with E-state index in [4.69, 9.17) is 4.74 Å². The summed E-state index contributed by atoms with van der Waals surface area (Å²) < 4.78 is 32.0. The molecule has 0 spiro atoms. The number of rotatable bonds is 6. The SMILES string of the molecule is CCCCNS(=O)(=O)c1ccc(OC)c(Br)c1. The molecule has 0 unspecified atom stereocenters. The Labute approximate surface area is 111 Å². The van der Waals surface area contributed by atoms with Crippen LogP contribution in [-0.4, -0.2) is 22.1 Å². The molecule has 0 bridgehead atoms. The number of methoxy groups -OCH3 is 1. The Bertz CT molecular complexity index is 474. The number of hydrogen-bond donors (Lipinski definition) is 1. The zero-order valence-electron chi connectivity index (χ0n) is 9.86. The number of halogens is 1.